The van der Waals surface area contributed by atoms with Gasteiger partial charge >= 0.3 is 5.97 Å². The van der Waals surface area contributed by atoms with E-state index in [4.69, 9.17) is 5.11 Å². The molecule has 2 atom stereocenters. The number of nitrogens with one attached hydrogen (secondary N) is 1. The van der Waals surface area contributed by atoms with Crippen molar-refractivity contribution in [2.75, 3.05) is 0 Å². The second-order valence-corrected chi connectivity index (χ2v) is 5.18. The molecule has 6 nitrogen and oxygen atoms in total. The van der Waals surface area contributed by atoms with Crippen molar-refractivity contribution in [3.05, 3.63) is 22.4 Å². The summed E-state index contributed by atoms with van der Waals surface area (Å²) in [6, 6.07) is 0.294. The Morgan fingerprint density at radius 2 is 2.16 bits per heavy atom. The predicted molar refractivity (Wildman–Crippen MR) is 73.0 cm³/mol. The van der Waals surface area contributed by atoms with Crippen LogP contribution in [0.25, 0.3) is 0 Å². The maximum atomic E-state index is 12.0. The van der Waals surface area contributed by atoms with Gasteiger partial charge in [-0.25, -0.2) is 4.79 Å². The standard InChI is InChI=1S/C12H17BrN2O4/c1-3-4-15-6-8(13)5-9(15)11(17)14-10(7(2)16)12(18)19/h5-7,10,16H,3-4H2,1-2H3,(H,14,17)(H,18,19). The van der Waals surface area contributed by atoms with E-state index in [0.29, 0.717) is 12.2 Å². The molecule has 1 aromatic heterocycles. The third-order valence-corrected chi connectivity index (χ3v) is 3.03. The minimum atomic E-state index is -1.32. The zero-order valence-corrected chi connectivity index (χ0v) is 12.3. The van der Waals surface area contributed by atoms with Crippen LogP contribution in [0.4, 0.5) is 0 Å². The van der Waals surface area contributed by atoms with Crippen LogP contribution >= 0.6 is 15.9 Å². The van der Waals surface area contributed by atoms with Crippen LogP contribution in [0.3, 0.4) is 0 Å². The van der Waals surface area contributed by atoms with E-state index in [9.17, 15) is 14.7 Å². The molecule has 106 valence electrons. The average molecular weight is 333 g/mol. The molecule has 1 aromatic rings. The molecule has 0 saturated carbocycles. The number of aryl methyl sites for hydroxylation is 1. The highest BCUT2D eigenvalue weighted by molar-refractivity contribution is 9.10. The quantitative estimate of drug-likeness (QED) is 0.730. The van der Waals surface area contributed by atoms with E-state index in [1.807, 2.05) is 6.92 Å². The Balaban J connectivity index is 2.91. The van der Waals surface area contributed by atoms with Crippen LogP contribution in [-0.2, 0) is 11.3 Å². The van der Waals surface area contributed by atoms with Crippen LogP contribution in [0.2, 0.25) is 0 Å². The number of carbonyl (C=O) groups is 2. The molecule has 2 unspecified atom stereocenters. The second kappa shape index (κ2) is 6.72. The SMILES string of the molecule is CCCn1cc(Br)cc1C(=O)NC(C(=O)O)C(C)O. The van der Waals surface area contributed by atoms with Crippen molar-refractivity contribution in [3.8, 4) is 0 Å². The summed E-state index contributed by atoms with van der Waals surface area (Å²) in [6.07, 6.45) is 1.44. The van der Waals surface area contributed by atoms with E-state index in [1.54, 1.807) is 16.8 Å². The predicted octanol–water partition coefficient (Wildman–Crippen LogP) is 1.22. The molecule has 0 fully saturated rings. The summed E-state index contributed by atoms with van der Waals surface area (Å²) in [4.78, 5) is 23.0. The van der Waals surface area contributed by atoms with Gasteiger partial charge in [-0.3, -0.25) is 4.79 Å². The largest absolute Gasteiger partial charge is 0.480 e. The van der Waals surface area contributed by atoms with Crippen molar-refractivity contribution in [3.63, 3.8) is 0 Å². The van der Waals surface area contributed by atoms with Crippen molar-refractivity contribution in [1.82, 2.24) is 9.88 Å². The molecule has 1 rings (SSSR count). The lowest BCUT2D eigenvalue weighted by molar-refractivity contribution is -0.141. The molecular formula is C12H17BrN2O4. The van der Waals surface area contributed by atoms with Gasteiger partial charge in [0.1, 0.15) is 5.69 Å². The molecule has 1 heterocycles. The Morgan fingerprint density at radius 1 is 1.53 bits per heavy atom. The fourth-order valence-electron chi connectivity index (χ4n) is 1.69. The van der Waals surface area contributed by atoms with Crippen molar-refractivity contribution < 1.29 is 19.8 Å². The number of hydrogen-bond acceptors (Lipinski definition) is 3. The monoisotopic (exact) mass is 332 g/mol. The van der Waals surface area contributed by atoms with Gasteiger partial charge in [-0.2, -0.15) is 0 Å². The third kappa shape index (κ3) is 4.07. The normalized spacial score (nSPS) is 13.9. The van der Waals surface area contributed by atoms with Gasteiger partial charge in [0.25, 0.3) is 5.91 Å². The maximum absolute atomic E-state index is 12.0. The van der Waals surface area contributed by atoms with Gasteiger partial charge in [0.15, 0.2) is 6.04 Å². The van der Waals surface area contributed by atoms with Crippen molar-refractivity contribution in [2.24, 2.45) is 0 Å². The molecule has 0 aromatic carbocycles. The topological polar surface area (TPSA) is 91.6 Å². The molecule has 0 bridgehead atoms. The van der Waals surface area contributed by atoms with E-state index in [1.165, 1.54) is 6.92 Å². The number of aliphatic hydroxyl groups is 1. The summed E-state index contributed by atoms with van der Waals surface area (Å²) in [7, 11) is 0. The fourth-order valence-corrected chi connectivity index (χ4v) is 2.16. The number of carboxylic acids is 1. The highest BCUT2D eigenvalue weighted by Gasteiger charge is 2.26. The molecular weight excluding hydrogens is 316 g/mol. The van der Waals surface area contributed by atoms with E-state index >= 15 is 0 Å². The first kappa shape index (κ1) is 15.7. The van der Waals surface area contributed by atoms with E-state index in [-0.39, 0.29) is 0 Å². The fraction of sp³-hybridized carbons (Fsp3) is 0.500. The van der Waals surface area contributed by atoms with E-state index in [2.05, 4.69) is 21.2 Å². The summed E-state index contributed by atoms with van der Waals surface area (Å²) < 4.78 is 2.48. The molecule has 0 aliphatic heterocycles. The third-order valence-electron chi connectivity index (χ3n) is 2.60. The van der Waals surface area contributed by atoms with Crippen molar-refractivity contribution in [2.45, 2.75) is 39.0 Å². The second-order valence-electron chi connectivity index (χ2n) is 4.27. The lowest BCUT2D eigenvalue weighted by Crippen LogP contribution is -2.48. The summed E-state index contributed by atoms with van der Waals surface area (Å²) in [5.74, 6) is -1.79. The van der Waals surface area contributed by atoms with Gasteiger partial charge in [0.05, 0.1) is 6.10 Å². The van der Waals surface area contributed by atoms with Crippen LogP contribution in [0.1, 0.15) is 30.8 Å². The molecule has 3 N–H and O–H groups in total. The minimum absolute atomic E-state index is 0.362. The van der Waals surface area contributed by atoms with E-state index in [0.717, 1.165) is 10.9 Å². The van der Waals surface area contributed by atoms with Crippen LogP contribution in [0.5, 0.6) is 0 Å². The Hall–Kier alpha value is -1.34. The number of aliphatic carboxylic acids is 1. The highest BCUT2D eigenvalue weighted by Crippen LogP contribution is 2.15. The lowest BCUT2D eigenvalue weighted by Gasteiger charge is -2.17. The van der Waals surface area contributed by atoms with Crippen LogP contribution in [-0.4, -0.2) is 38.8 Å². The first-order valence-electron chi connectivity index (χ1n) is 5.94. The number of aliphatic hydroxyl groups excluding tert-OH is 1. The maximum Gasteiger partial charge on any atom is 0.328 e. The lowest BCUT2D eigenvalue weighted by atomic mass is 10.2. The zero-order valence-electron chi connectivity index (χ0n) is 10.8. The first-order valence-corrected chi connectivity index (χ1v) is 6.73. The number of rotatable bonds is 6. The van der Waals surface area contributed by atoms with Gasteiger partial charge < -0.3 is 20.1 Å². The minimum Gasteiger partial charge on any atom is -0.480 e. The molecule has 0 radical (unpaired) electrons. The number of halogens is 1. The zero-order chi connectivity index (χ0) is 14.6. The van der Waals surface area contributed by atoms with Crippen LogP contribution < -0.4 is 5.32 Å². The average Bonchev–Trinajstić information content (AvgIpc) is 2.66. The number of hydrogen-bond donors (Lipinski definition) is 3. The van der Waals surface area contributed by atoms with Gasteiger partial charge in [-0.15, -0.1) is 0 Å². The Morgan fingerprint density at radius 3 is 2.63 bits per heavy atom. The Kier molecular flexibility index (Phi) is 5.56. The number of nitrogens with zero attached hydrogens (tertiary/aromatic N) is 1. The van der Waals surface area contributed by atoms with Crippen LogP contribution in [0.15, 0.2) is 16.7 Å². The number of carboxylic acid groups (broad SMARTS) is 1. The van der Waals surface area contributed by atoms with Gasteiger partial charge in [0, 0.05) is 17.2 Å². The van der Waals surface area contributed by atoms with Crippen LogP contribution in [0, 0.1) is 0 Å². The first-order chi connectivity index (χ1) is 8.86. The molecule has 0 saturated heterocycles. The number of carbonyl (C=O) groups excluding carboxylic acids is 1. The Labute approximate surface area is 119 Å². The summed E-state index contributed by atoms with van der Waals surface area (Å²) in [5, 5.41) is 20.6. The molecule has 0 aliphatic carbocycles. The summed E-state index contributed by atoms with van der Waals surface area (Å²) >= 11 is 3.28. The molecule has 0 spiro atoms. The van der Waals surface area contributed by atoms with Gasteiger partial charge in [-0.05, 0) is 35.3 Å². The number of amides is 1. The van der Waals surface area contributed by atoms with Crippen molar-refractivity contribution in [1.29, 1.82) is 0 Å². The molecule has 1 amide bonds. The van der Waals surface area contributed by atoms with Gasteiger partial charge in [-0.1, -0.05) is 6.92 Å². The molecule has 19 heavy (non-hydrogen) atoms. The summed E-state index contributed by atoms with van der Waals surface area (Å²) in [6.45, 7) is 3.95. The molecule has 0 aliphatic rings. The van der Waals surface area contributed by atoms with Gasteiger partial charge in [0.2, 0.25) is 0 Å². The Bertz CT molecular complexity index is 470. The van der Waals surface area contributed by atoms with E-state index < -0.39 is 24.0 Å². The highest BCUT2D eigenvalue weighted by atomic mass is 79.9. The molecule has 7 heteroatoms. The summed E-state index contributed by atoms with van der Waals surface area (Å²) in [5.41, 5.74) is 0.362. The number of aromatic nitrogens is 1. The smallest absolute Gasteiger partial charge is 0.328 e. The van der Waals surface area contributed by atoms with Crippen molar-refractivity contribution >= 4 is 27.8 Å².